The van der Waals surface area contributed by atoms with Crippen molar-refractivity contribution in [1.29, 1.82) is 0 Å². The van der Waals surface area contributed by atoms with Crippen LogP contribution in [0.3, 0.4) is 0 Å². The Morgan fingerprint density at radius 1 is 1.21 bits per heavy atom. The summed E-state index contributed by atoms with van der Waals surface area (Å²) in [5.74, 6) is 0.361. The number of aromatic amines is 1. The van der Waals surface area contributed by atoms with Gasteiger partial charge in [0.15, 0.2) is 0 Å². The van der Waals surface area contributed by atoms with Crippen LogP contribution in [-0.4, -0.2) is 55.3 Å². The highest BCUT2D eigenvalue weighted by Gasteiger charge is 2.31. The molecule has 9 heteroatoms. The lowest BCUT2D eigenvalue weighted by atomic mass is 9.83. The smallest absolute Gasteiger partial charge is 0.279 e. The third-order valence-electron chi connectivity index (χ3n) is 5.91. The molecular weight excluding hydrogens is 412 g/mol. The van der Waals surface area contributed by atoms with Gasteiger partial charge in [0, 0.05) is 41.3 Å². The second kappa shape index (κ2) is 8.73. The first-order valence-electron chi connectivity index (χ1n) is 10.1. The van der Waals surface area contributed by atoms with Crippen LogP contribution in [0.4, 0.5) is 0 Å². The summed E-state index contributed by atoms with van der Waals surface area (Å²) in [6.07, 6.45) is 3.49. The highest BCUT2D eigenvalue weighted by Crippen LogP contribution is 2.36. The molecule has 29 heavy (non-hydrogen) atoms. The molecule has 1 saturated heterocycles. The summed E-state index contributed by atoms with van der Waals surface area (Å²) in [6, 6.07) is 7.70. The van der Waals surface area contributed by atoms with Gasteiger partial charge >= 0.3 is 0 Å². The van der Waals surface area contributed by atoms with Crippen molar-refractivity contribution in [3.8, 4) is 11.3 Å². The average molecular weight is 439 g/mol. The number of benzene rings is 1. The van der Waals surface area contributed by atoms with Gasteiger partial charge in [-0.2, -0.15) is 22.5 Å². The van der Waals surface area contributed by atoms with Gasteiger partial charge in [-0.05, 0) is 50.3 Å². The van der Waals surface area contributed by atoms with Crippen molar-refractivity contribution in [3.05, 3.63) is 40.5 Å². The Bertz CT molecular complexity index is 948. The molecule has 7 nitrogen and oxygen atoms in total. The molecule has 0 radical (unpaired) electrons. The fraction of sp³-hybridized carbons (Fsp3) is 0.550. The van der Waals surface area contributed by atoms with Crippen LogP contribution in [0.5, 0.6) is 0 Å². The molecule has 1 aliphatic carbocycles. The molecule has 0 unspecified atom stereocenters. The molecule has 2 N–H and O–H groups in total. The van der Waals surface area contributed by atoms with Gasteiger partial charge in [0.05, 0.1) is 18.9 Å². The topological polar surface area (TPSA) is 87.3 Å². The number of nitrogens with one attached hydrogen (secondary N) is 2. The predicted octanol–water partition coefficient (Wildman–Crippen LogP) is 3.23. The number of rotatable bonds is 5. The zero-order valence-electron chi connectivity index (χ0n) is 16.5. The van der Waals surface area contributed by atoms with Gasteiger partial charge in [0.2, 0.25) is 0 Å². The minimum absolute atomic E-state index is 0.0188. The molecule has 1 aromatic carbocycles. The lowest BCUT2D eigenvalue weighted by Gasteiger charge is -2.32. The normalized spacial score (nSPS) is 23.9. The number of H-pyrrole nitrogens is 1. The Hall–Kier alpha value is -1.45. The molecule has 0 atom stereocenters. The minimum atomic E-state index is -3.44. The van der Waals surface area contributed by atoms with Gasteiger partial charge in [0.25, 0.3) is 10.2 Å². The lowest BCUT2D eigenvalue weighted by Crippen LogP contribution is -2.50. The van der Waals surface area contributed by atoms with E-state index in [-0.39, 0.29) is 6.04 Å². The van der Waals surface area contributed by atoms with Crippen LogP contribution in [0.15, 0.2) is 24.3 Å². The Morgan fingerprint density at radius 3 is 2.62 bits per heavy atom. The van der Waals surface area contributed by atoms with Gasteiger partial charge in [-0.15, -0.1) is 0 Å². The van der Waals surface area contributed by atoms with Gasteiger partial charge in [-0.1, -0.05) is 23.7 Å². The van der Waals surface area contributed by atoms with Crippen LogP contribution in [0.1, 0.15) is 42.9 Å². The number of hydrogen-bond acceptors (Lipinski definition) is 4. The Labute approximate surface area is 177 Å². The van der Waals surface area contributed by atoms with Crippen LogP contribution >= 0.6 is 11.6 Å². The number of nitrogens with zero attached hydrogens (tertiary/aromatic N) is 2. The van der Waals surface area contributed by atoms with Gasteiger partial charge in [-0.25, -0.2) is 0 Å². The van der Waals surface area contributed by atoms with E-state index in [1.54, 1.807) is 0 Å². The average Bonchev–Trinajstić information content (AvgIpc) is 3.10. The molecule has 1 aromatic heterocycles. The largest absolute Gasteiger partial charge is 0.379 e. The second-order valence-electron chi connectivity index (χ2n) is 7.80. The molecular formula is C20H27ClN4O3S. The molecule has 4 rings (SSSR count). The summed E-state index contributed by atoms with van der Waals surface area (Å²) in [7, 11) is -3.44. The van der Waals surface area contributed by atoms with E-state index in [2.05, 4.69) is 21.8 Å². The van der Waals surface area contributed by atoms with E-state index in [9.17, 15) is 8.42 Å². The fourth-order valence-electron chi connectivity index (χ4n) is 4.30. The van der Waals surface area contributed by atoms with Gasteiger partial charge in [-0.3, -0.25) is 5.10 Å². The van der Waals surface area contributed by atoms with Crippen molar-refractivity contribution >= 4 is 21.8 Å². The monoisotopic (exact) mass is 438 g/mol. The first-order valence-corrected chi connectivity index (χ1v) is 11.9. The molecule has 0 amide bonds. The quantitative estimate of drug-likeness (QED) is 0.750. The maximum atomic E-state index is 12.6. The highest BCUT2D eigenvalue weighted by molar-refractivity contribution is 7.87. The molecule has 2 aliphatic rings. The Balaban J connectivity index is 1.39. The SMILES string of the molecule is Cc1c(-c2cccc(Cl)c2)n[nH]c1C1CCC(NS(=O)(=O)N2CCOCC2)CC1. The maximum Gasteiger partial charge on any atom is 0.279 e. The fourth-order valence-corrected chi connectivity index (χ4v) is 5.92. The molecule has 2 fully saturated rings. The van der Waals surface area contributed by atoms with Crippen LogP contribution in [0.25, 0.3) is 11.3 Å². The first kappa shape index (κ1) is 20.8. The van der Waals surface area contributed by atoms with Gasteiger partial charge in [0.1, 0.15) is 0 Å². The van der Waals surface area contributed by atoms with Crippen molar-refractivity contribution in [3.63, 3.8) is 0 Å². The van der Waals surface area contributed by atoms with E-state index in [1.807, 2.05) is 24.3 Å². The summed E-state index contributed by atoms with van der Waals surface area (Å²) in [5, 5.41) is 8.44. The molecule has 2 heterocycles. The molecule has 2 aromatic rings. The molecule has 158 valence electrons. The van der Waals surface area contributed by atoms with Crippen LogP contribution in [-0.2, 0) is 14.9 Å². The first-order chi connectivity index (χ1) is 13.9. The maximum absolute atomic E-state index is 12.6. The van der Waals surface area contributed by atoms with Crippen molar-refractivity contribution in [1.82, 2.24) is 19.2 Å². The van der Waals surface area contributed by atoms with Crippen molar-refractivity contribution in [2.75, 3.05) is 26.3 Å². The Kier molecular flexibility index (Phi) is 6.27. The third-order valence-corrected chi connectivity index (χ3v) is 7.82. The van der Waals surface area contributed by atoms with E-state index in [0.717, 1.165) is 48.2 Å². The van der Waals surface area contributed by atoms with Crippen molar-refractivity contribution < 1.29 is 13.2 Å². The number of halogens is 1. The lowest BCUT2D eigenvalue weighted by molar-refractivity contribution is 0.0722. The second-order valence-corrected chi connectivity index (χ2v) is 9.94. The number of morpholine rings is 1. The van der Waals surface area contributed by atoms with E-state index in [0.29, 0.717) is 37.2 Å². The van der Waals surface area contributed by atoms with E-state index in [4.69, 9.17) is 16.3 Å². The van der Waals surface area contributed by atoms with E-state index < -0.39 is 10.2 Å². The summed E-state index contributed by atoms with van der Waals surface area (Å²) < 4.78 is 34.8. The summed E-state index contributed by atoms with van der Waals surface area (Å²) >= 11 is 6.12. The van der Waals surface area contributed by atoms with Crippen molar-refractivity contribution in [2.24, 2.45) is 0 Å². The molecule has 0 bridgehead atoms. The zero-order chi connectivity index (χ0) is 20.4. The molecule has 1 aliphatic heterocycles. The zero-order valence-corrected chi connectivity index (χ0v) is 18.1. The predicted molar refractivity (Wildman–Crippen MR) is 113 cm³/mol. The van der Waals surface area contributed by atoms with Crippen LogP contribution in [0, 0.1) is 6.92 Å². The summed E-state index contributed by atoms with van der Waals surface area (Å²) in [6.45, 7) is 3.85. The Morgan fingerprint density at radius 2 is 1.93 bits per heavy atom. The van der Waals surface area contributed by atoms with Crippen molar-refractivity contribution in [2.45, 2.75) is 44.6 Å². The number of aromatic nitrogens is 2. The van der Waals surface area contributed by atoms with E-state index >= 15 is 0 Å². The number of hydrogen-bond donors (Lipinski definition) is 2. The summed E-state index contributed by atoms with van der Waals surface area (Å²) in [5.41, 5.74) is 4.22. The number of ether oxygens (including phenoxy) is 1. The molecule has 0 spiro atoms. The van der Waals surface area contributed by atoms with Gasteiger partial charge < -0.3 is 4.74 Å². The summed E-state index contributed by atoms with van der Waals surface area (Å²) in [4.78, 5) is 0. The standard InChI is InChI=1S/C20H27ClN4O3S/c1-14-19(22-23-20(14)16-3-2-4-17(21)13-16)15-5-7-18(8-6-15)24-29(26,27)25-9-11-28-12-10-25/h2-4,13,15,18,24H,5-12H2,1H3,(H,22,23). The van der Waals surface area contributed by atoms with E-state index in [1.165, 1.54) is 4.31 Å². The van der Waals surface area contributed by atoms with Crippen LogP contribution in [0.2, 0.25) is 5.02 Å². The molecule has 1 saturated carbocycles. The highest BCUT2D eigenvalue weighted by atomic mass is 35.5. The third kappa shape index (κ3) is 4.67. The minimum Gasteiger partial charge on any atom is -0.379 e. The van der Waals surface area contributed by atoms with Crippen LogP contribution < -0.4 is 4.72 Å².